The van der Waals surface area contributed by atoms with E-state index in [1.165, 1.54) is 11.1 Å². The Bertz CT molecular complexity index is 406. The topological polar surface area (TPSA) is 32.7 Å². The van der Waals surface area contributed by atoms with Crippen molar-refractivity contribution in [1.82, 2.24) is 4.90 Å². The largest absolute Gasteiger partial charge is 0.491 e. The number of ether oxygens (including phenoxy) is 1. The highest BCUT2D eigenvalue weighted by Crippen LogP contribution is 2.27. The van der Waals surface area contributed by atoms with Gasteiger partial charge in [0.25, 0.3) is 0 Å². The molecule has 1 rings (SSSR count). The van der Waals surface area contributed by atoms with E-state index in [9.17, 15) is 5.11 Å². The molecule has 0 spiro atoms. The van der Waals surface area contributed by atoms with Gasteiger partial charge >= 0.3 is 0 Å². The fourth-order valence-corrected chi connectivity index (χ4v) is 2.26. The fraction of sp³-hybridized carbons (Fsp3) is 0.647. The fourth-order valence-electron chi connectivity index (χ4n) is 2.26. The second kappa shape index (κ2) is 10.0. The SMILES string of the molecule is CCN(CC)CC(O)COc1cc(C)ccc1C(C)C.Cl. The maximum absolute atomic E-state index is 10.1. The molecule has 21 heavy (non-hydrogen) atoms. The van der Waals surface area contributed by atoms with Crippen LogP contribution in [0.2, 0.25) is 0 Å². The number of likely N-dealkylation sites (N-methyl/N-ethyl adjacent to an activating group) is 1. The first-order chi connectivity index (χ1) is 9.47. The second-order valence-electron chi connectivity index (χ2n) is 5.65. The monoisotopic (exact) mass is 315 g/mol. The van der Waals surface area contributed by atoms with E-state index < -0.39 is 6.10 Å². The normalized spacial score (nSPS) is 12.4. The molecule has 122 valence electrons. The van der Waals surface area contributed by atoms with Gasteiger partial charge in [0.1, 0.15) is 18.5 Å². The number of hydrogen-bond donors (Lipinski definition) is 1. The van der Waals surface area contributed by atoms with E-state index in [4.69, 9.17) is 4.74 Å². The summed E-state index contributed by atoms with van der Waals surface area (Å²) in [6.45, 7) is 13.5. The average Bonchev–Trinajstić information content (AvgIpc) is 2.42. The van der Waals surface area contributed by atoms with Gasteiger partial charge in [-0.3, -0.25) is 0 Å². The van der Waals surface area contributed by atoms with E-state index in [1.54, 1.807) is 0 Å². The number of aryl methyl sites for hydroxylation is 1. The summed E-state index contributed by atoms with van der Waals surface area (Å²) in [5.74, 6) is 1.32. The van der Waals surface area contributed by atoms with Crippen molar-refractivity contribution in [2.45, 2.75) is 46.6 Å². The van der Waals surface area contributed by atoms with Crippen molar-refractivity contribution in [2.75, 3.05) is 26.2 Å². The van der Waals surface area contributed by atoms with Crippen molar-refractivity contribution < 1.29 is 9.84 Å². The molecule has 4 heteroatoms. The van der Waals surface area contributed by atoms with Crippen molar-refractivity contribution in [1.29, 1.82) is 0 Å². The number of benzene rings is 1. The Labute approximate surface area is 135 Å². The minimum atomic E-state index is -0.449. The molecule has 1 aromatic rings. The van der Waals surface area contributed by atoms with Crippen LogP contribution in [0, 0.1) is 6.92 Å². The Morgan fingerprint density at radius 2 is 1.81 bits per heavy atom. The minimum absolute atomic E-state index is 0. The van der Waals surface area contributed by atoms with Gasteiger partial charge in [0.2, 0.25) is 0 Å². The molecule has 0 amide bonds. The van der Waals surface area contributed by atoms with Gasteiger partial charge in [-0.05, 0) is 43.1 Å². The summed E-state index contributed by atoms with van der Waals surface area (Å²) in [4.78, 5) is 2.20. The zero-order valence-corrected chi connectivity index (χ0v) is 14.7. The van der Waals surface area contributed by atoms with Gasteiger partial charge in [-0.2, -0.15) is 0 Å². The summed E-state index contributed by atoms with van der Waals surface area (Å²) < 4.78 is 5.85. The van der Waals surface area contributed by atoms with Crippen molar-refractivity contribution in [3.8, 4) is 5.75 Å². The molecule has 1 unspecified atom stereocenters. The van der Waals surface area contributed by atoms with Crippen molar-refractivity contribution >= 4 is 12.4 Å². The maximum Gasteiger partial charge on any atom is 0.123 e. The number of aliphatic hydroxyl groups is 1. The van der Waals surface area contributed by atoms with E-state index in [0.29, 0.717) is 19.1 Å². The van der Waals surface area contributed by atoms with Crippen LogP contribution in [-0.4, -0.2) is 42.4 Å². The first-order valence-corrected chi connectivity index (χ1v) is 7.61. The molecule has 0 aliphatic rings. The van der Waals surface area contributed by atoms with Gasteiger partial charge in [0.15, 0.2) is 0 Å². The van der Waals surface area contributed by atoms with Gasteiger partial charge in [-0.1, -0.05) is 39.8 Å². The lowest BCUT2D eigenvalue weighted by atomic mass is 10.0. The first-order valence-electron chi connectivity index (χ1n) is 7.61. The molecule has 0 radical (unpaired) electrons. The average molecular weight is 316 g/mol. The van der Waals surface area contributed by atoms with Crippen molar-refractivity contribution in [3.63, 3.8) is 0 Å². The summed E-state index contributed by atoms with van der Waals surface area (Å²) in [6.07, 6.45) is -0.449. The lowest BCUT2D eigenvalue weighted by Gasteiger charge is -2.23. The molecule has 1 N–H and O–H groups in total. The van der Waals surface area contributed by atoms with Crippen LogP contribution in [0.5, 0.6) is 5.75 Å². The van der Waals surface area contributed by atoms with Crippen molar-refractivity contribution in [3.05, 3.63) is 29.3 Å². The van der Waals surface area contributed by atoms with E-state index in [2.05, 4.69) is 57.7 Å². The molecule has 0 aromatic heterocycles. The lowest BCUT2D eigenvalue weighted by Crippen LogP contribution is -2.35. The van der Waals surface area contributed by atoms with Gasteiger partial charge in [-0.15, -0.1) is 12.4 Å². The number of aliphatic hydroxyl groups excluding tert-OH is 1. The Kier molecular flexibility index (Phi) is 9.67. The predicted molar refractivity (Wildman–Crippen MR) is 91.8 cm³/mol. The van der Waals surface area contributed by atoms with E-state index in [0.717, 1.165) is 18.8 Å². The molecule has 0 heterocycles. The van der Waals surface area contributed by atoms with Crippen molar-refractivity contribution in [2.24, 2.45) is 0 Å². The third-order valence-electron chi connectivity index (χ3n) is 3.59. The van der Waals surface area contributed by atoms with Crippen LogP contribution in [0.4, 0.5) is 0 Å². The highest BCUT2D eigenvalue weighted by Gasteiger charge is 2.12. The highest BCUT2D eigenvalue weighted by molar-refractivity contribution is 5.85. The Balaban J connectivity index is 0.00000400. The molecular formula is C17H30ClNO2. The van der Waals surface area contributed by atoms with Gasteiger partial charge in [0.05, 0.1) is 0 Å². The second-order valence-corrected chi connectivity index (χ2v) is 5.65. The third kappa shape index (κ3) is 6.68. The van der Waals surface area contributed by atoms with E-state index in [-0.39, 0.29) is 12.4 Å². The van der Waals surface area contributed by atoms with Crippen LogP contribution in [0.15, 0.2) is 18.2 Å². The smallest absolute Gasteiger partial charge is 0.123 e. The molecule has 1 aromatic carbocycles. The third-order valence-corrected chi connectivity index (χ3v) is 3.59. The van der Waals surface area contributed by atoms with Gasteiger partial charge in [0, 0.05) is 6.54 Å². The lowest BCUT2D eigenvalue weighted by molar-refractivity contribution is 0.0711. The van der Waals surface area contributed by atoms with Crippen LogP contribution < -0.4 is 4.74 Å². The van der Waals surface area contributed by atoms with E-state index >= 15 is 0 Å². The quantitative estimate of drug-likeness (QED) is 0.795. The van der Waals surface area contributed by atoms with Crippen LogP contribution in [-0.2, 0) is 0 Å². The van der Waals surface area contributed by atoms with Gasteiger partial charge in [-0.25, -0.2) is 0 Å². The summed E-state index contributed by atoms with van der Waals surface area (Å²) in [5, 5.41) is 10.1. The summed E-state index contributed by atoms with van der Waals surface area (Å²) >= 11 is 0. The van der Waals surface area contributed by atoms with Crippen LogP contribution in [0.3, 0.4) is 0 Å². The number of nitrogens with zero attached hydrogens (tertiary/aromatic N) is 1. The standard InChI is InChI=1S/C17H29NO2.ClH/c1-6-18(7-2)11-15(19)12-20-17-10-14(5)8-9-16(17)13(3)4;/h8-10,13,15,19H,6-7,11-12H2,1-5H3;1H. The minimum Gasteiger partial charge on any atom is -0.491 e. The predicted octanol–water partition coefficient (Wildman–Crippen LogP) is 3.62. The molecule has 0 aliphatic heterocycles. The Hall–Kier alpha value is -0.770. The molecule has 0 fully saturated rings. The molecule has 1 atom stereocenters. The van der Waals surface area contributed by atoms with Gasteiger partial charge < -0.3 is 14.7 Å². The van der Waals surface area contributed by atoms with E-state index in [1.807, 2.05) is 0 Å². The number of rotatable bonds is 8. The Morgan fingerprint density at radius 3 is 2.33 bits per heavy atom. The van der Waals surface area contributed by atoms with Crippen LogP contribution in [0.25, 0.3) is 0 Å². The zero-order valence-electron chi connectivity index (χ0n) is 13.9. The highest BCUT2D eigenvalue weighted by atomic mass is 35.5. The molecule has 0 bridgehead atoms. The molecule has 0 saturated heterocycles. The maximum atomic E-state index is 10.1. The molecule has 3 nitrogen and oxygen atoms in total. The first kappa shape index (κ1) is 20.2. The molecule has 0 aliphatic carbocycles. The van der Waals surface area contributed by atoms with Crippen LogP contribution in [0.1, 0.15) is 44.7 Å². The summed E-state index contributed by atoms with van der Waals surface area (Å²) in [7, 11) is 0. The summed E-state index contributed by atoms with van der Waals surface area (Å²) in [6, 6.07) is 6.28. The zero-order chi connectivity index (χ0) is 15.1. The number of hydrogen-bond acceptors (Lipinski definition) is 3. The Morgan fingerprint density at radius 1 is 1.19 bits per heavy atom. The number of halogens is 1. The molecule has 0 saturated carbocycles. The summed E-state index contributed by atoms with van der Waals surface area (Å²) in [5.41, 5.74) is 2.38. The van der Waals surface area contributed by atoms with Crippen LogP contribution >= 0.6 is 12.4 Å². The molecular weight excluding hydrogens is 286 g/mol.